The van der Waals surface area contributed by atoms with Gasteiger partial charge in [-0.05, 0) is 78.8 Å². The third-order valence-corrected chi connectivity index (χ3v) is 6.76. The third kappa shape index (κ3) is 5.25. The fourth-order valence-electron chi connectivity index (χ4n) is 4.71. The summed E-state index contributed by atoms with van der Waals surface area (Å²) in [4.78, 5) is 0. The molecule has 5 heteroatoms. The van der Waals surface area contributed by atoms with Gasteiger partial charge < -0.3 is 9.47 Å². The van der Waals surface area contributed by atoms with E-state index in [1.807, 2.05) is 24.3 Å². The molecule has 0 atom stereocenters. The zero-order valence-electron chi connectivity index (χ0n) is 19.0. The Morgan fingerprint density at radius 3 is 2.15 bits per heavy atom. The van der Waals surface area contributed by atoms with Crippen molar-refractivity contribution in [3.8, 4) is 16.9 Å². The minimum absolute atomic E-state index is 0.0471. The van der Waals surface area contributed by atoms with Crippen LogP contribution in [-0.4, -0.2) is 20.3 Å². The van der Waals surface area contributed by atoms with Crippen LogP contribution in [0.3, 0.4) is 0 Å². The molecule has 0 spiro atoms. The maximum absolute atomic E-state index is 14.8. The van der Waals surface area contributed by atoms with Gasteiger partial charge in [0.25, 0.3) is 0 Å². The highest BCUT2D eigenvalue weighted by molar-refractivity contribution is 5.65. The van der Waals surface area contributed by atoms with E-state index in [2.05, 4.69) is 0 Å². The Morgan fingerprint density at radius 1 is 0.788 bits per heavy atom. The van der Waals surface area contributed by atoms with E-state index in [1.165, 1.54) is 13.2 Å². The van der Waals surface area contributed by atoms with Crippen molar-refractivity contribution in [2.45, 2.75) is 50.5 Å². The summed E-state index contributed by atoms with van der Waals surface area (Å²) in [7, 11) is 3.20. The van der Waals surface area contributed by atoms with Crippen molar-refractivity contribution in [2.75, 3.05) is 14.2 Å². The summed E-state index contributed by atoms with van der Waals surface area (Å²) in [6, 6.07) is 15.7. The predicted molar refractivity (Wildman–Crippen MR) is 124 cm³/mol. The van der Waals surface area contributed by atoms with Crippen molar-refractivity contribution in [1.82, 2.24) is 0 Å². The first-order valence-corrected chi connectivity index (χ1v) is 11.4. The number of aryl methyl sites for hydroxylation is 2. The quantitative estimate of drug-likeness (QED) is 0.375. The second-order valence-electron chi connectivity index (χ2n) is 8.69. The fraction of sp³-hybridized carbons (Fsp3) is 0.357. The van der Waals surface area contributed by atoms with E-state index in [4.69, 9.17) is 9.47 Å². The molecule has 1 fully saturated rings. The molecule has 4 rings (SSSR count). The molecule has 0 radical (unpaired) electrons. The van der Waals surface area contributed by atoms with Crippen molar-refractivity contribution in [3.63, 3.8) is 0 Å². The van der Waals surface area contributed by atoms with E-state index < -0.39 is 11.6 Å². The number of rotatable bonds is 7. The van der Waals surface area contributed by atoms with Crippen LogP contribution in [0.15, 0.2) is 54.6 Å². The third-order valence-electron chi connectivity index (χ3n) is 6.76. The van der Waals surface area contributed by atoms with Gasteiger partial charge in [-0.25, -0.2) is 13.2 Å². The molecule has 0 unspecified atom stereocenters. The number of hydrogen-bond donors (Lipinski definition) is 0. The molecular formula is C28H29F3O2. The van der Waals surface area contributed by atoms with Crippen molar-refractivity contribution in [3.05, 3.63) is 88.7 Å². The van der Waals surface area contributed by atoms with Gasteiger partial charge in [-0.2, -0.15) is 0 Å². The number of halogens is 3. The Balaban J connectivity index is 1.41. The van der Waals surface area contributed by atoms with E-state index in [-0.39, 0.29) is 17.8 Å². The zero-order valence-corrected chi connectivity index (χ0v) is 19.0. The van der Waals surface area contributed by atoms with Gasteiger partial charge in [0, 0.05) is 18.7 Å². The molecule has 3 aromatic carbocycles. The van der Waals surface area contributed by atoms with Gasteiger partial charge in [0.05, 0.1) is 13.2 Å². The molecule has 0 amide bonds. The van der Waals surface area contributed by atoms with E-state index >= 15 is 0 Å². The largest absolute Gasteiger partial charge is 0.497 e. The summed E-state index contributed by atoms with van der Waals surface area (Å²) < 4.78 is 54.4. The van der Waals surface area contributed by atoms with Gasteiger partial charge in [0.2, 0.25) is 0 Å². The molecule has 0 bridgehead atoms. The van der Waals surface area contributed by atoms with Gasteiger partial charge in [-0.3, -0.25) is 0 Å². The smallest absolute Gasteiger partial charge is 0.162 e. The number of hydrogen-bond acceptors (Lipinski definition) is 2. The summed E-state index contributed by atoms with van der Waals surface area (Å²) in [6.07, 6.45) is 4.57. The second kappa shape index (κ2) is 10.4. The number of methoxy groups -OCH3 is 2. The Labute approximate surface area is 193 Å². The molecule has 3 aromatic rings. The first kappa shape index (κ1) is 23.4. The highest BCUT2D eigenvalue weighted by Gasteiger charge is 2.26. The lowest BCUT2D eigenvalue weighted by molar-refractivity contribution is 0.0655. The van der Waals surface area contributed by atoms with Crippen LogP contribution < -0.4 is 4.74 Å². The second-order valence-corrected chi connectivity index (χ2v) is 8.69. The molecule has 1 aliphatic carbocycles. The summed E-state index contributed by atoms with van der Waals surface area (Å²) in [5.41, 5.74) is 3.09. The van der Waals surface area contributed by atoms with Gasteiger partial charge in [-0.1, -0.05) is 36.4 Å². The average Bonchev–Trinajstić information content (AvgIpc) is 2.85. The van der Waals surface area contributed by atoms with E-state index in [0.717, 1.165) is 36.8 Å². The lowest BCUT2D eigenvalue weighted by atomic mass is 9.82. The summed E-state index contributed by atoms with van der Waals surface area (Å²) in [6.45, 7) is 0. The summed E-state index contributed by atoms with van der Waals surface area (Å²) in [5.74, 6) is -1.28. The van der Waals surface area contributed by atoms with Gasteiger partial charge in [-0.15, -0.1) is 0 Å². The van der Waals surface area contributed by atoms with Crippen molar-refractivity contribution in [1.29, 1.82) is 0 Å². The lowest BCUT2D eigenvalue weighted by Crippen LogP contribution is -2.20. The molecule has 0 saturated heterocycles. The predicted octanol–water partition coefficient (Wildman–Crippen LogP) is 7.24. The Kier molecular flexibility index (Phi) is 7.39. The van der Waals surface area contributed by atoms with E-state index in [1.54, 1.807) is 31.4 Å². The van der Waals surface area contributed by atoms with Crippen molar-refractivity contribution in [2.24, 2.45) is 0 Å². The number of benzene rings is 3. The van der Waals surface area contributed by atoms with Crippen LogP contribution in [0.4, 0.5) is 13.2 Å². The van der Waals surface area contributed by atoms with Gasteiger partial charge in [0.1, 0.15) is 11.6 Å². The van der Waals surface area contributed by atoms with Crippen LogP contribution in [0, 0.1) is 17.5 Å². The SMILES string of the molecule is COc1ccc(-c2ccc(CCc3ccc(C4CCC(OC)CC4)c(F)c3F)cc2)c(F)c1. The zero-order chi connectivity index (χ0) is 23.4. The summed E-state index contributed by atoms with van der Waals surface area (Å²) in [5, 5.41) is 0. The van der Waals surface area contributed by atoms with Crippen LogP contribution in [0.5, 0.6) is 5.75 Å². The molecule has 0 heterocycles. The molecule has 0 aliphatic heterocycles. The van der Waals surface area contributed by atoms with Gasteiger partial charge in [0.15, 0.2) is 11.6 Å². The van der Waals surface area contributed by atoms with Crippen LogP contribution in [0.25, 0.3) is 11.1 Å². The van der Waals surface area contributed by atoms with Crippen LogP contribution >= 0.6 is 0 Å². The molecule has 2 nitrogen and oxygen atoms in total. The highest BCUT2D eigenvalue weighted by Crippen LogP contribution is 2.36. The normalized spacial score (nSPS) is 18.3. The molecule has 1 aliphatic rings. The molecule has 0 N–H and O–H groups in total. The van der Waals surface area contributed by atoms with Crippen LogP contribution in [-0.2, 0) is 17.6 Å². The van der Waals surface area contributed by atoms with Gasteiger partial charge >= 0.3 is 0 Å². The molecule has 0 aromatic heterocycles. The number of ether oxygens (including phenoxy) is 2. The maximum atomic E-state index is 14.8. The van der Waals surface area contributed by atoms with Crippen LogP contribution in [0.2, 0.25) is 0 Å². The molecule has 1 saturated carbocycles. The van der Waals surface area contributed by atoms with E-state index in [0.29, 0.717) is 35.3 Å². The lowest BCUT2D eigenvalue weighted by Gasteiger charge is -2.28. The maximum Gasteiger partial charge on any atom is 0.162 e. The van der Waals surface area contributed by atoms with Crippen molar-refractivity contribution < 1.29 is 22.6 Å². The first-order valence-electron chi connectivity index (χ1n) is 11.4. The first-order chi connectivity index (χ1) is 16.0. The Bertz CT molecular complexity index is 1090. The molecule has 33 heavy (non-hydrogen) atoms. The minimum Gasteiger partial charge on any atom is -0.497 e. The highest BCUT2D eigenvalue weighted by atomic mass is 19.2. The Hall–Kier alpha value is -2.79. The van der Waals surface area contributed by atoms with E-state index in [9.17, 15) is 13.2 Å². The van der Waals surface area contributed by atoms with Crippen molar-refractivity contribution >= 4 is 0 Å². The molecular weight excluding hydrogens is 425 g/mol. The fourth-order valence-corrected chi connectivity index (χ4v) is 4.71. The minimum atomic E-state index is -0.738. The Morgan fingerprint density at radius 2 is 1.52 bits per heavy atom. The monoisotopic (exact) mass is 454 g/mol. The average molecular weight is 455 g/mol. The summed E-state index contributed by atoms with van der Waals surface area (Å²) >= 11 is 0. The molecule has 174 valence electrons. The standard InChI is InChI=1S/C28H29F3O2/c1-32-22-12-9-20(10-13-22)25-15-11-21(27(30)28(25)31)8-5-18-3-6-19(7-4-18)24-16-14-23(33-2)17-26(24)29/h3-4,6-7,11,14-17,20,22H,5,8-10,12-13H2,1-2H3. The topological polar surface area (TPSA) is 18.5 Å². The van der Waals surface area contributed by atoms with Crippen LogP contribution in [0.1, 0.15) is 48.3 Å².